The summed E-state index contributed by atoms with van der Waals surface area (Å²) in [6, 6.07) is 2.07. The number of carbonyl (C=O) groups is 1. The Bertz CT molecular complexity index is 705. The normalized spacial score (nSPS) is 36.2. The van der Waals surface area contributed by atoms with Crippen LogP contribution < -0.4 is 0 Å². The Kier molecular flexibility index (Phi) is 5.43. The number of aryl methyl sites for hydroxylation is 1. The maximum atomic E-state index is 13.6. The van der Waals surface area contributed by atoms with Gasteiger partial charge in [0.2, 0.25) is 5.91 Å². The highest BCUT2D eigenvalue weighted by molar-refractivity contribution is 5.83. The summed E-state index contributed by atoms with van der Waals surface area (Å²) in [4.78, 5) is 15.7. The lowest BCUT2D eigenvalue weighted by molar-refractivity contribution is -0.161. The quantitative estimate of drug-likeness (QED) is 0.696. The average Bonchev–Trinajstić information content (AvgIpc) is 3.21. The molecule has 154 valence electrons. The van der Waals surface area contributed by atoms with Crippen molar-refractivity contribution in [2.24, 2.45) is 22.7 Å². The standard InChI is InChI=1S/C24H35NO3/c1-18-5-8-21-23(2,20(18)7-6-19-9-14-28-17-19)10-4-11-24(21,3)22(26)25-12-15-27-16-13-25/h9,14,17,20-21H,1,4-8,10-13,15-16H2,2-3H3/t20-,21+,23+,24+/m1/s1. The van der Waals surface area contributed by atoms with Crippen LogP contribution in [0.3, 0.4) is 0 Å². The van der Waals surface area contributed by atoms with Crippen LogP contribution >= 0.6 is 0 Å². The number of hydrogen-bond donors (Lipinski definition) is 0. The number of amides is 1. The summed E-state index contributed by atoms with van der Waals surface area (Å²) in [5, 5.41) is 0. The third kappa shape index (κ3) is 3.34. The Balaban J connectivity index is 1.57. The van der Waals surface area contributed by atoms with Crippen LogP contribution in [0.25, 0.3) is 0 Å². The molecule has 4 nitrogen and oxygen atoms in total. The molecule has 0 aromatic carbocycles. The first-order valence-electron chi connectivity index (χ1n) is 11.0. The Labute approximate surface area is 169 Å². The van der Waals surface area contributed by atoms with Crippen molar-refractivity contribution in [3.8, 4) is 0 Å². The molecule has 1 amide bonds. The highest BCUT2D eigenvalue weighted by atomic mass is 16.5. The van der Waals surface area contributed by atoms with Crippen molar-refractivity contribution in [3.05, 3.63) is 36.3 Å². The van der Waals surface area contributed by atoms with Gasteiger partial charge in [-0.3, -0.25) is 4.79 Å². The molecule has 3 aliphatic rings. The monoisotopic (exact) mass is 385 g/mol. The number of furan rings is 1. The van der Waals surface area contributed by atoms with Crippen molar-refractivity contribution in [1.29, 1.82) is 0 Å². The van der Waals surface area contributed by atoms with E-state index in [-0.39, 0.29) is 10.8 Å². The van der Waals surface area contributed by atoms with Gasteiger partial charge < -0.3 is 14.1 Å². The molecule has 0 bridgehead atoms. The van der Waals surface area contributed by atoms with E-state index in [1.54, 1.807) is 6.26 Å². The summed E-state index contributed by atoms with van der Waals surface area (Å²) in [6.07, 6.45) is 11.3. The third-order valence-corrected chi connectivity index (χ3v) is 8.11. The SMILES string of the molecule is C=C1CC[C@H]2[C@@](C)(CCC[C@]2(C)C(=O)N2CCOCC2)[C@@H]1CCc1ccoc1. The number of rotatable bonds is 4. The minimum absolute atomic E-state index is 0.161. The van der Waals surface area contributed by atoms with E-state index in [0.29, 0.717) is 31.0 Å². The largest absolute Gasteiger partial charge is 0.472 e. The van der Waals surface area contributed by atoms with E-state index in [0.717, 1.165) is 51.6 Å². The molecule has 0 unspecified atom stereocenters. The van der Waals surface area contributed by atoms with Crippen molar-refractivity contribution in [3.63, 3.8) is 0 Å². The van der Waals surface area contributed by atoms with E-state index in [2.05, 4.69) is 31.4 Å². The second kappa shape index (κ2) is 7.70. The predicted molar refractivity (Wildman–Crippen MR) is 110 cm³/mol. The van der Waals surface area contributed by atoms with Gasteiger partial charge in [0.25, 0.3) is 0 Å². The van der Waals surface area contributed by atoms with Gasteiger partial charge in [0, 0.05) is 18.5 Å². The topological polar surface area (TPSA) is 42.7 Å². The fourth-order valence-corrected chi connectivity index (χ4v) is 6.61. The first kappa shape index (κ1) is 19.8. The van der Waals surface area contributed by atoms with Gasteiger partial charge in [-0.05, 0) is 67.4 Å². The van der Waals surface area contributed by atoms with E-state index in [1.165, 1.54) is 17.6 Å². The van der Waals surface area contributed by atoms with Crippen molar-refractivity contribution >= 4 is 5.91 Å². The smallest absolute Gasteiger partial charge is 0.228 e. The summed E-state index contributed by atoms with van der Waals surface area (Å²) >= 11 is 0. The number of morpholine rings is 1. The highest BCUT2D eigenvalue weighted by Crippen LogP contribution is 2.62. The number of fused-ring (bicyclic) bond motifs is 1. The van der Waals surface area contributed by atoms with Crippen LogP contribution in [-0.4, -0.2) is 37.1 Å². The summed E-state index contributed by atoms with van der Waals surface area (Å²) in [6.45, 7) is 12.0. The number of allylic oxidation sites excluding steroid dienone is 1. The van der Waals surface area contributed by atoms with E-state index in [4.69, 9.17) is 9.15 Å². The molecular weight excluding hydrogens is 350 g/mol. The van der Waals surface area contributed by atoms with Crippen LogP contribution in [-0.2, 0) is 16.0 Å². The predicted octanol–water partition coefficient (Wildman–Crippen LogP) is 4.85. The van der Waals surface area contributed by atoms with Crippen LogP contribution in [0.5, 0.6) is 0 Å². The number of ether oxygens (including phenoxy) is 1. The molecular formula is C24H35NO3. The molecule has 2 aliphatic carbocycles. The van der Waals surface area contributed by atoms with Gasteiger partial charge in [-0.15, -0.1) is 0 Å². The lowest BCUT2D eigenvalue weighted by Crippen LogP contribution is -2.58. The number of carbonyl (C=O) groups excluding carboxylic acids is 1. The first-order valence-corrected chi connectivity index (χ1v) is 11.0. The Morgan fingerprint density at radius 3 is 2.79 bits per heavy atom. The third-order valence-electron chi connectivity index (χ3n) is 8.11. The van der Waals surface area contributed by atoms with Gasteiger partial charge in [-0.1, -0.05) is 32.4 Å². The summed E-state index contributed by atoms with van der Waals surface area (Å²) in [7, 11) is 0. The summed E-state index contributed by atoms with van der Waals surface area (Å²) < 4.78 is 10.7. The van der Waals surface area contributed by atoms with Gasteiger partial charge >= 0.3 is 0 Å². The molecule has 1 aliphatic heterocycles. The van der Waals surface area contributed by atoms with E-state index in [9.17, 15) is 4.79 Å². The van der Waals surface area contributed by atoms with E-state index in [1.807, 2.05) is 6.26 Å². The van der Waals surface area contributed by atoms with E-state index < -0.39 is 0 Å². The molecule has 4 atom stereocenters. The highest BCUT2D eigenvalue weighted by Gasteiger charge is 2.57. The fourth-order valence-electron chi connectivity index (χ4n) is 6.61. The number of nitrogens with zero attached hydrogens (tertiary/aromatic N) is 1. The van der Waals surface area contributed by atoms with Crippen molar-refractivity contribution in [1.82, 2.24) is 4.90 Å². The lowest BCUT2D eigenvalue weighted by atomic mass is 9.46. The zero-order valence-corrected chi connectivity index (χ0v) is 17.5. The summed E-state index contributed by atoms with van der Waals surface area (Å²) in [5.74, 6) is 1.29. The molecule has 0 N–H and O–H groups in total. The zero-order chi connectivity index (χ0) is 19.8. The molecule has 2 saturated carbocycles. The Morgan fingerprint density at radius 1 is 1.29 bits per heavy atom. The van der Waals surface area contributed by atoms with E-state index >= 15 is 0 Å². The molecule has 1 aromatic heterocycles. The van der Waals surface area contributed by atoms with Crippen molar-refractivity contribution in [2.45, 2.75) is 58.8 Å². The molecule has 1 saturated heterocycles. The molecule has 0 radical (unpaired) electrons. The first-order chi connectivity index (χ1) is 13.4. The number of hydrogen-bond acceptors (Lipinski definition) is 3. The van der Waals surface area contributed by atoms with Crippen LogP contribution in [0.1, 0.15) is 57.9 Å². The van der Waals surface area contributed by atoms with Crippen molar-refractivity contribution < 1.29 is 13.9 Å². The molecule has 2 heterocycles. The van der Waals surface area contributed by atoms with Gasteiger partial charge in [0.05, 0.1) is 25.7 Å². The minimum atomic E-state index is -0.251. The van der Waals surface area contributed by atoms with Crippen LogP contribution in [0.15, 0.2) is 35.2 Å². The van der Waals surface area contributed by atoms with Gasteiger partial charge in [0.1, 0.15) is 0 Å². The molecule has 1 aromatic rings. The lowest BCUT2D eigenvalue weighted by Gasteiger charge is -2.58. The molecule has 0 spiro atoms. The minimum Gasteiger partial charge on any atom is -0.472 e. The zero-order valence-electron chi connectivity index (χ0n) is 17.5. The second-order valence-electron chi connectivity index (χ2n) is 9.65. The maximum Gasteiger partial charge on any atom is 0.228 e. The second-order valence-corrected chi connectivity index (χ2v) is 9.65. The van der Waals surface area contributed by atoms with Crippen molar-refractivity contribution in [2.75, 3.05) is 26.3 Å². The van der Waals surface area contributed by atoms with Crippen LogP contribution in [0.2, 0.25) is 0 Å². The molecule has 4 rings (SSSR count). The van der Waals surface area contributed by atoms with Gasteiger partial charge in [-0.25, -0.2) is 0 Å². The molecule has 4 heteroatoms. The van der Waals surface area contributed by atoms with Crippen LogP contribution in [0.4, 0.5) is 0 Å². The Hall–Kier alpha value is -1.55. The average molecular weight is 386 g/mol. The molecule has 28 heavy (non-hydrogen) atoms. The molecule has 3 fully saturated rings. The van der Waals surface area contributed by atoms with Gasteiger partial charge in [-0.2, -0.15) is 0 Å². The Morgan fingerprint density at radius 2 is 2.07 bits per heavy atom. The van der Waals surface area contributed by atoms with Crippen LogP contribution in [0, 0.1) is 22.7 Å². The fraction of sp³-hybridized carbons (Fsp3) is 0.708. The maximum absolute atomic E-state index is 13.6. The summed E-state index contributed by atoms with van der Waals surface area (Å²) in [5.41, 5.74) is 2.57. The van der Waals surface area contributed by atoms with Gasteiger partial charge in [0.15, 0.2) is 0 Å².